The monoisotopic (exact) mass is 497 g/mol. The van der Waals surface area contributed by atoms with Crippen LogP contribution >= 0.6 is 23.5 Å². The Bertz CT molecular complexity index is 984. The van der Waals surface area contributed by atoms with Crippen LogP contribution in [0.1, 0.15) is 19.6 Å². The maximum absolute atomic E-state index is 13.7. The number of nitrogens with two attached hydrogens (primary N) is 1. The number of nitrogens with zero attached hydrogens (tertiary/aromatic N) is 2. The summed E-state index contributed by atoms with van der Waals surface area (Å²) in [4.78, 5) is 51.2. The summed E-state index contributed by atoms with van der Waals surface area (Å²) in [5, 5.41) is 0. The van der Waals surface area contributed by atoms with Gasteiger partial charge >= 0.3 is 29.2 Å². The Morgan fingerprint density at radius 2 is 1.93 bits per heavy atom. The van der Waals surface area contributed by atoms with Crippen molar-refractivity contribution in [2.24, 2.45) is 5.92 Å². The Balaban J connectivity index is 2.12. The van der Waals surface area contributed by atoms with Gasteiger partial charge in [-0.2, -0.15) is 13.6 Å². The summed E-state index contributed by atoms with van der Waals surface area (Å²) in [7, 11) is -16.7. The predicted molar refractivity (Wildman–Crippen MR) is 95.3 cm³/mol. The van der Waals surface area contributed by atoms with Crippen LogP contribution in [0, 0.1) is 5.92 Å². The lowest BCUT2D eigenvalue weighted by molar-refractivity contribution is -0.111. The van der Waals surface area contributed by atoms with Crippen LogP contribution in [-0.4, -0.2) is 48.0 Å². The van der Waals surface area contributed by atoms with Crippen molar-refractivity contribution in [1.29, 1.82) is 0 Å². The van der Waals surface area contributed by atoms with Gasteiger partial charge in [0.05, 0.1) is 6.61 Å². The molecule has 0 radical (unpaired) electrons. The van der Waals surface area contributed by atoms with E-state index in [-0.39, 0.29) is 12.2 Å². The molecule has 0 amide bonds. The Labute approximate surface area is 168 Å². The lowest BCUT2D eigenvalue weighted by Gasteiger charge is -2.27. The number of alkyl halides is 1. The summed E-state index contributed by atoms with van der Waals surface area (Å²) < 4.78 is 65.7. The van der Waals surface area contributed by atoms with Crippen molar-refractivity contribution >= 4 is 29.3 Å². The maximum Gasteiger partial charge on any atom is 0.490 e. The molecular formula is C11H19FN3O12P3. The third-order valence-electron chi connectivity index (χ3n) is 3.83. The zero-order chi connectivity index (χ0) is 23.0. The first-order valence-electron chi connectivity index (χ1n) is 7.94. The number of aromatic nitrogens is 2. The fourth-order valence-electron chi connectivity index (χ4n) is 2.78. The van der Waals surface area contributed by atoms with Crippen molar-refractivity contribution < 1.29 is 55.5 Å². The van der Waals surface area contributed by atoms with Crippen LogP contribution in [0.4, 0.5) is 10.2 Å². The molecule has 6 N–H and O–H groups in total. The van der Waals surface area contributed by atoms with E-state index in [0.717, 1.165) is 4.57 Å². The van der Waals surface area contributed by atoms with Crippen LogP contribution in [-0.2, 0) is 31.6 Å². The fourth-order valence-corrected chi connectivity index (χ4v) is 5.87. The number of rotatable bonds is 9. The van der Waals surface area contributed by atoms with Crippen LogP contribution in [0.25, 0.3) is 0 Å². The third-order valence-corrected chi connectivity index (χ3v) is 7.61. The zero-order valence-electron chi connectivity index (χ0n) is 15.2. The van der Waals surface area contributed by atoms with Gasteiger partial charge in [-0.15, -0.1) is 0 Å². The average molecular weight is 497 g/mol. The van der Waals surface area contributed by atoms with Gasteiger partial charge in [0.1, 0.15) is 24.3 Å². The molecular weight excluding hydrogens is 478 g/mol. The van der Waals surface area contributed by atoms with E-state index in [1.807, 2.05) is 0 Å². The van der Waals surface area contributed by atoms with Gasteiger partial charge in [0.25, 0.3) is 0 Å². The second kappa shape index (κ2) is 8.85. The van der Waals surface area contributed by atoms with Crippen molar-refractivity contribution in [3.05, 3.63) is 22.7 Å². The molecule has 30 heavy (non-hydrogen) atoms. The fraction of sp³-hybridized carbons (Fsp3) is 0.636. The normalized spacial score (nSPS) is 28.7. The molecule has 5 atom stereocenters. The Hall–Kier alpha value is -1.02. The van der Waals surface area contributed by atoms with Crippen molar-refractivity contribution in [2.75, 3.05) is 19.0 Å². The SMILES string of the molecule is CC1CC(CF)(COP(=O)(O)OP(=O)(O)OP(=O)(O)O)OC1n1ccc(N)nc1=O. The second-order valence-corrected chi connectivity index (χ2v) is 10.8. The van der Waals surface area contributed by atoms with E-state index in [1.54, 1.807) is 6.92 Å². The summed E-state index contributed by atoms with van der Waals surface area (Å²) in [6.07, 6.45) is 0.120. The van der Waals surface area contributed by atoms with E-state index in [4.69, 9.17) is 25.2 Å². The van der Waals surface area contributed by atoms with E-state index in [2.05, 4.69) is 18.1 Å². The van der Waals surface area contributed by atoms with Crippen molar-refractivity contribution in [1.82, 2.24) is 9.55 Å². The number of phosphoric acid groups is 3. The summed E-state index contributed by atoms with van der Waals surface area (Å²) in [6.45, 7) is -0.637. The van der Waals surface area contributed by atoms with Crippen LogP contribution in [0.2, 0.25) is 0 Å². The first-order chi connectivity index (χ1) is 13.6. The molecule has 1 saturated heterocycles. The molecule has 1 aliphatic rings. The number of nitrogen functional groups attached to an aromatic ring is 1. The van der Waals surface area contributed by atoms with E-state index >= 15 is 0 Å². The van der Waals surface area contributed by atoms with Gasteiger partial charge in [0.2, 0.25) is 0 Å². The molecule has 19 heteroatoms. The van der Waals surface area contributed by atoms with Gasteiger partial charge in [-0.05, 0) is 12.5 Å². The number of hydrogen-bond acceptors (Lipinski definition) is 10. The summed E-state index contributed by atoms with van der Waals surface area (Å²) in [6, 6.07) is 1.30. The minimum Gasteiger partial charge on any atom is -0.383 e. The highest BCUT2D eigenvalue weighted by Crippen LogP contribution is 2.66. The standard InChI is InChI=1S/C11H19FN3O12P3/c1-7-4-11(5-12,25-9(7)15-3-2-8(13)14-10(15)16)6-24-29(20,21)27-30(22,23)26-28(17,18)19/h2-3,7,9H,4-6H2,1H3,(H,20,21)(H,22,23)(H2,13,14,16)(H2,17,18,19). The lowest BCUT2D eigenvalue weighted by Crippen LogP contribution is -2.38. The molecule has 15 nitrogen and oxygen atoms in total. The maximum atomic E-state index is 13.7. The molecule has 1 aromatic heterocycles. The molecule has 0 spiro atoms. The molecule has 2 heterocycles. The van der Waals surface area contributed by atoms with Gasteiger partial charge in [-0.3, -0.25) is 9.09 Å². The minimum absolute atomic E-state index is 0.0497. The van der Waals surface area contributed by atoms with E-state index in [0.29, 0.717) is 0 Å². The Kier molecular flexibility index (Phi) is 7.44. The molecule has 2 rings (SSSR count). The van der Waals surface area contributed by atoms with Crippen LogP contribution in [0.15, 0.2) is 17.1 Å². The van der Waals surface area contributed by atoms with Crippen LogP contribution in [0.5, 0.6) is 0 Å². The molecule has 0 aliphatic carbocycles. The number of phosphoric ester groups is 1. The number of ether oxygens (including phenoxy) is 1. The molecule has 0 bridgehead atoms. The first kappa shape index (κ1) is 25.2. The highest BCUT2D eigenvalue weighted by atomic mass is 31.3. The van der Waals surface area contributed by atoms with Gasteiger partial charge in [0, 0.05) is 12.1 Å². The molecule has 1 fully saturated rings. The van der Waals surface area contributed by atoms with E-state index < -0.39 is 60.2 Å². The summed E-state index contributed by atoms with van der Waals surface area (Å²) >= 11 is 0. The van der Waals surface area contributed by atoms with Gasteiger partial charge in [-0.25, -0.2) is 22.9 Å². The third kappa shape index (κ3) is 6.74. The number of anilines is 1. The molecule has 1 aromatic rings. The van der Waals surface area contributed by atoms with Crippen molar-refractivity contribution in [2.45, 2.75) is 25.2 Å². The van der Waals surface area contributed by atoms with Gasteiger partial charge < -0.3 is 30.0 Å². The highest BCUT2D eigenvalue weighted by molar-refractivity contribution is 7.66. The van der Waals surface area contributed by atoms with E-state index in [1.165, 1.54) is 12.3 Å². The van der Waals surface area contributed by atoms with Crippen molar-refractivity contribution in [3.8, 4) is 0 Å². The lowest BCUT2D eigenvalue weighted by atomic mass is 9.96. The molecule has 1 aliphatic heterocycles. The average Bonchev–Trinajstić information content (AvgIpc) is 2.87. The summed E-state index contributed by atoms with van der Waals surface area (Å²) in [5.74, 6) is -0.556. The second-order valence-electron chi connectivity index (χ2n) is 6.41. The highest BCUT2D eigenvalue weighted by Gasteiger charge is 2.49. The zero-order valence-corrected chi connectivity index (χ0v) is 17.9. The number of halogens is 1. The summed E-state index contributed by atoms with van der Waals surface area (Å²) in [5.41, 5.74) is 2.77. The first-order valence-corrected chi connectivity index (χ1v) is 12.5. The molecule has 0 aromatic carbocycles. The Morgan fingerprint density at radius 3 is 2.47 bits per heavy atom. The van der Waals surface area contributed by atoms with E-state index in [9.17, 15) is 27.8 Å². The number of hydrogen-bond donors (Lipinski definition) is 5. The van der Waals surface area contributed by atoms with Gasteiger partial charge in [-0.1, -0.05) is 6.92 Å². The molecule has 172 valence electrons. The van der Waals surface area contributed by atoms with Crippen LogP contribution in [0.3, 0.4) is 0 Å². The van der Waals surface area contributed by atoms with Crippen LogP contribution < -0.4 is 11.4 Å². The topological polar surface area (TPSA) is 230 Å². The van der Waals surface area contributed by atoms with Crippen molar-refractivity contribution in [3.63, 3.8) is 0 Å². The molecule has 0 saturated carbocycles. The largest absolute Gasteiger partial charge is 0.490 e. The molecule has 5 unspecified atom stereocenters. The predicted octanol–water partition coefficient (Wildman–Crippen LogP) is 0.432. The Morgan fingerprint density at radius 1 is 1.30 bits per heavy atom. The van der Waals surface area contributed by atoms with Gasteiger partial charge in [0.15, 0.2) is 0 Å². The minimum atomic E-state index is -5.71. The smallest absolute Gasteiger partial charge is 0.383 e. The quantitative estimate of drug-likeness (QED) is 0.291.